The van der Waals surface area contributed by atoms with E-state index >= 15 is 0 Å². The number of nitrogens with one attached hydrogen (secondary N) is 1. The maximum Gasteiger partial charge on any atom is 0.303 e. The van der Waals surface area contributed by atoms with Crippen LogP contribution >= 0.6 is 46.6 Å². The molecule has 3 N–H and O–H groups in total. The standard InChI is InChI=1S/C16H18Cl3NO6S/c1-8(22)25-13-11(20-15(24)16(17,18)19)14(26-10(7-21)12(13)23)27-9-5-3-2-4-6-9/h2-6,10-14,21,23H,7H2,1H3,(H,20,24)/t10?,11-,12+,13?,14-/m0/s1. The third kappa shape index (κ3) is 6.12. The van der Waals surface area contributed by atoms with Crippen molar-refractivity contribution in [3.63, 3.8) is 0 Å². The van der Waals surface area contributed by atoms with Crippen LogP contribution in [0.4, 0.5) is 0 Å². The molecule has 1 aliphatic heterocycles. The summed E-state index contributed by atoms with van der Waals surface area (Å²) in [5.41, 5.74) is -0.839. The lowest BCUT2D eigenvalue weighted by molar-refractivity contribution is -0.194. The number of alkyl halides is 3. The zero-order valence-electron chi connectivity index (χ0n) is 14.1. The second-order valence-corrected chi connectivity index (χ2v) is 9.17. The van der Waals surface area contributed by atoms with Crippen molar-refractivity contribution in [1.29, 1.82) is 0 Å². The highest BCUT2D eigenvalue weighted by Gasteiger charge is 2.49. The number of aliphatic hydroxyl groups is 2. The first kappa shape index (κ1) is 22.5. The molecule has 0 radical (unpaired) electrons. The van der Waals surface area contributed by atoms with Crippen LogP contribution in [0.15, 0.2) is 35.2 Å². The summed E-state index contributed by atoms with van der Waals surface area (Å²) in [4.78, 5) is 24.5. The Hall–Kier alpha value is -0.740. The molecule has 2 rings (SSSR count). The summed E-state index contributed by atoms with van der Waals surface area (Å²) in [6, 6.07) is 8.02. The second-order valence-electron chi connectivity index (χ2n) is 5.72. The Kier molecular flexibility index (Phi) is 8.05. The fourth-order valence-electron chi connectivity index (χ4n) is 2.52. The van der Waals surface area contributed by atoms with Crippen molar-refractivity contribution in [1.82, 2.24) is 5.32 Å². The Morgan fingerprint density at radius 3 is 2.44 bits per heavy atom. The van der Waals surface area contributed by atoms with Gasteiger partial charge in [0.15, 0.2) is 6.10 Å². The van der Waals surface area contributed by atoms with Gasteiger partial charge in [-0.25, -0.2) is 0 Å². The molecule has 27 heavy (non-hydrogen) atoms. The number of ether oxygens (including phenoxy) is 2. The van der Waals surface area contributed by atoms with Crippen LogP contribution in [-0.4, -0.2) is 62.3 Å². The SMILES string of the molecule is CC(=O)OC1[C@H](O)C(CO)O[C@@H](Sc2ccccc2)[C@H]1NC(=O)C(Cl)(Cl)Cl. The molecule has 0 aromatic heterocycles. The fraction of sp³-hybridized carbons (Fsp3) is 0.500. The van der Waals surface area contributed by atoms with Crippen molar-refractivity contribution in [2.24, 2.45) is 0 Å². The van der Waals surface area contributed by atoms with E-state index in [2.05, 4.69) is 5.32 Å². The zero-order valence-corrected chi connectivity index (χ0v) is 17.1. The second kappa shape index (κ2) is 9.65. The van der Waals surface area contributed by atoms with Gasteiger partial charge in [-0.3, -0.25) is 9.59 Å². The smallest absolute Gasteiger partial charge is 0.303 e. The first-order valence-corrected chi connectivity index (χ1v) is 9.86. The van der Waals surface area contributed by atoms with E-state index in [-0.39, 0.29) is 0 Å². The predicted molar refractivity (Wildman–Crippen MR) is 102 cm³/mol. The van der Waals surface area contributed by atoms with Crippen molar-refractivity contribution in [3.05, 3.63) is 30.3 Å². The van der Waals surface area contributed by atoms with Gasteiger partial charge in [0.2, 0.25) is 0 Å². The van der Waals surface area contributed by atoms with Gasteiger partial charge in [-0.15, -0.1) is 0 Å². The predicted octanol–water partition coefficient (Wildman–Crippen LogP) is 1.64. The Morgan fingerprint density at radius 1 is 1.30 bits per heavy atom. The average molecular weight is 459 g/mol. The number of amides is 1. The van der Waals surface area contributed by atoms with Gasteiger partial charge in [-0.05, 0) is 12.1 Å². The number of carbonyl (C=O) groups excluding carboxylic acids is 2. The van der Waals surface area contributed by atoms with Gasteiger partial charge in [0.05, 0.1) is 6.61 Å². The van der Waals surface area contributed by atoms with Crippen LogP contribution in [-0.2, 0) is 19.1 Å². The number of halogens is 3. The number of esters is 1. The molecule has 0 aliphatic carbocycles. The van der Waals surface area contributed by atoms with Crippen molar-refractivity contribution in [2.75, 3.05) is 6.61 Å². The van der Waals surface area contributed by atoms with Gasteiger partial charge in [-0.1, -0.05) is 64.8 Å². The van der Waals surface area contributed by atoms with Gasteiger partial charge >= 0.3 is 5.97 Å². The lowest BCUT2D eigenvalue weighted by Gasteiger charge is -2.44. The van der Waals surface area contributed by atoms with Crippen LogP contribution in [0.25, 0.3) is 0 Å². The molecule has 1 aromatic rings. The number of thioether (sulfide) groups is 1. The maximum atomic E-state index is 12.2. The molecule has 7 nitrogen and oxygen atoms in total. The molecule has 1 heterocycles. The molecule has 1 amide bonds. The molecule has 150 valence electrons. The Morgan fingerprint density at radius 2 is 1.93 bits per heavy atom. The number of hydrogen-bond donors (Lipinski definition) is 3. The van der Waals surface area contributed by atoms with Gasteiger partial charge in [0, 0.05) is 11.8 Å². The topological polar surface area (TPSA) is 105 Å². The molecule has 0 spiro atoms. The lowest BCUT2D eigenvalue weighted by Crippen LogP contribution is -2.65. The third-order valence-corrected chi connectivity index (χ3v) is 5.40. The quantitative estimate of drug-likeness (QED) is 0.455. The van der Waals surface area contributed by atoms with Crippen LogP contribution in [0.2, 0.25) is 0 Å². The molecule has 1 aliphatic rings. The number of benzene rings is 1. The Balaban J connectivity index is 2.34. The van der Waals surface area contributed by atoms with Gasteiger partial charge in [0.25, 0.3) is 9.70 Å². The van der Waals surface area contributed by atoms with E-state index in [0.29, 0.717) is 0 Å². The van der Waals surface area contributed by atoms with Gasteiger partial charge in [0.1, 0.15) is 23.7 Å². The van der Waals surface area contributed by atoms with Crippen LogP contribution in [0.5, 0.6) is 0 Å². The Labute approximate surface area is 175 Å². The number of hydrogen-bond acceptors (Lipinski definition) is 7. The first-order chi connectivity index (χ1) is 12.6. The molecule has 2 unspecified atom stereocenters. The minimum atomic E-state index is -2.26. The summed E-state index contributed by atoms with van der Waals surface area (Å²) >= 11 is 18.1. The zero-order chi connectivity index (χ0) is 20.2. The normalized spacial score (nSPS) is 28.4. The Bertz CT molecular complexity index is 659. The highest BCUT2D eigenvalue weighted by Crippen LogP contribution is 2.35. The van der Waals surface area contributed by atoms with Crippen molar-refractivity contribution in [2.45, 2.75) is 45.4 Å². The molecular formula is C16H18Cl3NO6S. The minimum absolute atomic E-state index is 0.518. The first-order valence-electron chi connectivity index (χ1n) is 7.84. The maximum absolute atomic E-state index is 12.2. The summed E-state index contributed by atoms with van der Waals surface area (Å²) in [6.45, 7) is 0.638. The van der Waals surface area contributed by atoms with Crippen LogP contribution < -0.4 is 5.32 Å². The molecule has 5 atom stereocenters. The molecule has 1 fully saturated rings. The molecule has 1 aromatic carbocycles. The molecule has 0 saturated carbocycles. The van der Waals surface area contributed by atoms with E-state index in [9.17, 15) is 19.8 Å². The van der Waals surface area contributed by atoms with E-state index in [1.807, 2.05) is 30.3 Å². The fourth-order valence-corrected chi connectivity index (χ4v) is 3.83. The summed E-state index contributed by atoms with van der Waals surface area (Å²) in [5.74, 6) is -1.65. The molecule has 11 heteroatoms. The summed E-state index contributed by atoms with van der Waals surface area (Å²) in [5, 5.41) is 22.4. The monoisotopic (exact) mass is 457 g/mol. The lowest BCUT2D eigenvalue weighted by atomic mass is 9.97. The number of rotatable bonds is 5. The van der Waals surface area contributed by atoms with Gasteiger partial charge < -0.3 is 25.0 Å². The van der Waals surface area contributed by atoms with Crippen molar-refractivity contribution < 1.29 is 29.3 Å². The molecular weight excluding hydrogens is 441 g/mol. The van der Waals surface area contributed by atoms with E-state index < -0.39 is 52.1 Å². The van der Waals surface area contributed by atoms with Crippen LogP contribution in [0, 0.1) is 0 Å². The summed E-state index contributed by atoms with van der Waals surface area (Å²) < 4.78 is 8.65. The van der Waals surface area contributed by atoms with Crippen molar-refractivity contribution in [3.8, 4) is 0 Å². The molecule has 0 bridgehead atoms. The number of aliphatic hydroxyl groups excluding tert-OH is 2. The van der Waals surface area contributed by atoms with Gasteiger partial charge in [-0.2, -0.15) is 0 Å². The van der Waals surface area contributed by atoms with E-state index in [0.717, 1.165) is 11.8 Å². The number of carbonyl (C=O) groups is 2. The third-order valence-electron chi connectivity index (χ3n) is 3.71. The van der Waals surface area contributed by atoms with E-state index in [1.165, 1.54) is 11.8 Å². The highest BCUT2D eigenvalue weighted by molar-refractivity contribution is 7.99. The van der Waals surface area contributed by atoms with E-state index in [1.54, 1.807) is 0 Å². The minimum Gasteiger partial charge on any atom is -0.457 e. The van der Waals surface area contributed by atoms with Crippen LogP contribution in [0.3, 0.4) is 0 Å². The summed E-state index contributed by atoms with van der Waals surface area (Å²) in [7, 11) is 0. The van der Waals surface area contributed by atoms with E-state index in [4.69, 9.17) is 44.3 Å². The largest absolute Gasteiger partial charge is 0.457 e. The molecule has 1 saturated heterocycles. The van der Waals surface area contributed by atoms with Crippen molar-refractivity contribution >= 4 is 58.4 Å². The highest BCUT2D eigenvalue weighted by atomic mass is 35.6. The van der Waals surface area contributed by atoms with Crippen LogP contribution in [0.1, 0.15) is 6.92 Å². The average Bonchev–Trinajstić information content (AvgIpc) is 2.59. The summed E-state index contributed by atoms with van der Waals surface area (Å²) in [6.07, 6.45) is -3.64.